The van der Waals surface area contributed by atoms with Crippen LogP contribution in [0.25, 0.3) is 0 Å². The van der Waals surface area contributed by atoms with E-state index in [0.717, 1.165) is 4.31 Å². The van der Waals surface area contributed by atoms with Gasteiger partial charge in [-0.25, -0.2) is 17.1 Å². The predicted octanol–water partition coefficient (Wildman–Crippen LogP) is 2.48. The minimum atomic E-state index is -3.47. The molecule has 0 aliphatic heterocycles. The standard InChI is InChI=1S/C10H12Cl2FNO2S/c1-14(17(15,16)6-5-11)7-8-9(12)3-2-4-10(8)13/h2-4H,5-7H2,1H3. The van der Waals surface area contributed by atoms with Crippen LogP contribution in [-0.2, 0) is 16.6 Å². The van der Waals surface area contributed by atoms with Crippen molar-refractivity contribution >= 4 is 33.2 Å². The molecular weight excluding hydrogens is 288 g/mol. The second-order valence-electron chi connectivity index (χ2n) is 3.46. The van der Waals surface area contributed by atoms with Crippen LogP contribution in [0.15, 0.2) is 18.2 Å². The van der Waals surface area contributed by atoms with Crippen LogP contribution in [-0.4, -0.2) is 31.4 Å². The first-order valence-corrected chi connectivity index (χ1v) is 7.33. The normalized spacial score (nSPS) is 12.1. The highest BCUT2D eigenvalue weighted by Gasteiger charge is 2.19. The van der Waals surface area contributed by atoms with Crippen LogP contribution in [0.2, 0.25) is 5.02 Å². The summed E-state index contributed by atoms with van der Waals surface area (Å²) in [6, 6.07) is 4.22. The monoisotopic (exact) mass is 299 g/mol. The number of nitrogens with zero attached hydrogens (tertiary/aromatic N) is 1. The van der Waals surface area contributed by atoms with Gasteiger partial charge in [0.15, 0.2) is 0 Å². The lowest BCUT2D eigenvalue weighted by Crippen LogP contribution is -2.29. The summed E-state index contributed by atoms with van der Waals surface area (Å²) < 4.78 is 37.8. The van der Waals surface area contributed by atoms with Crippen molar-refractivity contribution in [1.82, 2.24) is 4.31 Å². The van der Waals surface area contributed by atoms with Crippen LogP contribution in [0, 0.1) is 5.82 Å². The highest BCUT2D eigenvalue weighted by molar-refractivity contribution is 7.89. The van der Waals surface area contributed by atoms with Gasteiger partial charge in [-0.3, -0.25) is 0 Å². The highest BCUT2D eigenvalue weighted by atomic mass is 35.5. The van der Waals surface area contributed by atoms with Crippen molar-refractivity contribution in [2.24, 2.45) is 0 Å². The molecule has 0 bridgehead atoms. The Morgan fingerprint density at radius 3 is 2.59 bits per heavy atom. The van der Waals surface area contributed by atoms with Crippen LogP contribution < -0.4 is 0 Å². The SMILES string of the molecule is CN(Cc1c(F)cccc1Cl)S(=O)(=O)CCCl. The van der Waals surface area contributed by atoms with Gasteiger partial charge in [0.25, 0.3) is 0 Å². The molecule has 0 aliphatic carbocycles. The third kappa shape index (κ3) is 3.81. The Hall–Kier alpha value is -0.360. The summed E-state index contributed by atoms with van der Waals surface area (Å²) in [4.78, 5) is 0. The summed E-state index contributed by atoms with van der Waals surface area (Å²) in [5.74, 6) is -0.708. The summed E-state index contributed by atoms with van der Waals surface area (Å²) in [6.07, 6.45) is 0. The molecule has 0 saturated heterocycles. The fourth-order valence-corrected chi connectivity index (χ4v) is 2.90. The Bertz CT molecular complexity index is 473. The van der Waals surface area contributed by atoms with Crippen molar-refractivity contribution in [1.29, 1.82) is 0 Å². The number of alkyl halides is 1. The quantitative estimate of drug-likeness (QED) is 0.783. The zero-order valence-corrected chi connectivity index (χ0v) is 11.5. The van der Waals surface area contributed by atoms with E-state index in [9.17, 15) is 12.8 Å². The van der Waals surface area contributed by atoms with E-state index in [0.29, 0.717) is 0 Å². The molecule has 0 fully saturated rings. The summed E-state index contributed by atoms with van der Waals surface area (Å²) >= 11 is 11.2. The van der Waals surface area contributed by atoms with E-state index in [-0.39, 0.29) is 28.8 Å². The van der Waals surface area contributed by atoms with Crippen LogP contribution >= 0.6 is 23.2 Å². The highest BCUT2D eigenvalue weighted by Crippen LogP contribution is 2.21. The molecule has 0 N–H and O–H groups in total. The number of hydrogen-bond donors (Lipinski definition) is 0. The Morgan fingerprint density at radius 1 is 1.41 bits per heavy atom. The van der Waals surface area contributed by atoms with E-state index in [1.165, 1.54) is 25.2 Å². The van der Waals surface area contributed by atoms with Gasteiger partial charge in [-0.15, -0.1) is 11.6 Å². The second-order valence-corrected chi connectivity index (χ2v) is 6.44. The summed E-state index contributed by atoms with van der Waals surface area (Å²) in [7, 11) is -2.10. The molecule has 0 atom stereocenters. The first-order valence-electron chi connectivity index (χ1n) is 4.81. The molecule has 0 radical (unpaired) electrons. The molecular formula is C10H12Cl2FNO2S. The minimum absolute atomic E-state index is 0.00230. The first-order chi connectivity index (χ1) is 7.88. The maximum atomic E-state index is 13.5. The molecule has 0 unspecified atom stereocenters. The molecule has 0 aliphatic rings. The van der Waals surface area contributed by atoms with Gasteiger partial charge in [-0.05, 0) is 12.1 Å². The molecule has 1 rings (SSSR count). The summed E-state index contributed by atoms with van der Waals surface area (Å²) in [5.41, 5.74) is 0.162. The molecule has 1 aromatic rings. The van der Waals surface area contributed by atoms with Crippen molar-refractivity contribution in [3.05, 3.63) is 34.6 Å². The lowest BCUT2D eigenvalue weighted by molar-refractivity contribution is 0.457. The zero-order chi connectivity index (χ0) is 13.1. The number of benzene rings is 1. The van der Waals surface area contributed by atoms with Gasteiger partial charge in [-0.1, -0.05) is 17.7 Å². The van der Waals surface area contributed by atoms with Gasteiger partial charge in [0.1, 0.15) is 5.82 Å². The average molecular weight is 300 g/mol. The molecule has 17 heavy (non-hydrogen) atoms. The number of halogens is 3. The maximum Gasteiger partial charge on any atom is 0.215 e. The van der Waals surface area contributed by atoms with Crippen LogP contribution in [0.5, 0.6) is 0 Å². The summed E-state index contributed by atoms with van der Waals surface area (Å²) in [5, 5.41) is 0.206. The first kappa shape index (κ1) is 14.7. The van der Waals surface area contributed by atoms with Crippen LogP contribution in [0.1, 0.15) is 5.56 Å². The number of sulfonamides is 1. The van der Waals surface area contributed by atoms with E-state index < -0.39 is 15.8 Å². The van der Waals surface area contributed by atoms with Crippen molar-refractivity contribution in [2.45, 2.75) is 6.54 Å². The van der Waals surface area contributed by atoms with E-state index >= 15 is 0 Å². The lowest BCUT2D eigenvalue weighted by Gasteiger charge is -2.17. The van der Waals surface area contributed by atoms with E-state index in [4.69, 9.17) is 23.2 Å². The van der Waals surface area contributed by atoms with E-state index in [1.54, 1.807) is 0 Å². The maximum absolute atomic E-state index is 13.5. The molecule has 0 amide bonds. The third-order valence-electron chi connectivity index (χ3n) is 2.25. The molecule has 0 spiro atoms. The Labute approximate surface area is 110 Å². The summed E-state index contributed by atoms with van der Waals surface area (Å²) in [6.45, 7) is -0.106. The topological polar surface area (TPSA) is 37.4 Å². The predicted molar refractivity (Wildman–Crippen MR) is 67.4 cm³/mol. The fourth-order valence-electron chi connectivity index (χ4n) is 1.26. The Morgan fingerprint density at radius 2 is 2.06 bits per heavy atom. The van der Waals surface area contributed by atoms with Gasteiger partial charge >= 0.3 is 0 Å². The largest absolute Gasteiger partial charge is 0.215 e. The van der Waals surface area contributed by atoms with Crippen molar-refractivity contribution in [3.63, 3.8) is 0 Å². The fraction of sp³-hybridized carbons (Fsp3) is 0.400. The number of rotatable bonds is 5. The molecule has 7 heteroatoms. The molecule has 96 valence electrons. The third-order valence-corrected chi connectivity index (χ3v) is 4.82. The molecule has 0 heterocycles. The van der Waals surface area contributed by atoms with Crippen molar-refractivity contribution in [3.8, 4) is 0 Å². The van der Waals surface area contributed by atoms with E-state index in [1.807, 2.05) is 0 Å². The number of hydrogen-bond acceptors (Lipinski definition) is 2. The second kappa shape index (κ2) is 6.00. The van der Waals surface area contributed by atoms with E-state index in [2.05, 4.69) is 0 Å². The van der Waals surface area contributed by atoms with Gasteiger partial charge in [-0.2, -0.15) is 0 Å². The van der Waals surface area contributed by atoms with Gasteiger partial charge in [0.2, 0.25) is 10.0 Å². The van der Waals surface area contributed by atoms with Crippen molar-refractivity contribution in [2.75, 3.05) is 18.7 Å². The minimum Gasteiger partial charge on any atom is -0.212 e. The van der Waals surface area contributed by atoms with Crippen LogP contribution in [0.3, 0.4) is 0 Å². The Balaban J connectivity index is 2.92. The molecule has 3 nitrogen and oxygen atoms in total. The smallest absolute Gasteiger partial charge is 0.212 e. The van der Waals surface area contributed by atoms with Crippen molar-refractivity contribution < 1.29 is 12.8 Å². The zero-order valence-electron chi connectivity index (χ0n) is 9.16. The lowest BCUT2D eigenvalue weighted by atomic mass is 10.2. The van der Waals surface area contributed by atoms with Gasteiger partial charge < -0.3 is 0 Å². The van der Waals surface area contributed by atoms with Gasteiger partial charge in [0.05, 0.1) is 5.75 Å². The average Bonchev–Trinajstić information content (AvgIpc) is 2.23. The Kier molecular flexibility index (Phi) is 5.19. The molecule has 0 saturated carbocycles. The molecule has 0 aromatic heterocycles. The van der Waals surface area contributed by atoms with Crippen LogP contribution in [0.4, 0.5) is 4.39 Å². The van der Waals surface area contributed by atoms with Gasteiger partial charge in [0, 0.05) is 30.1 Å². The molecule has 1 aromatic carbocycles.